The number of hydrogen-bond donors (Lipinski definition) is 0. The number of aromatic nitrogens is 1. The lowest BCUT2D eigenvalue weighted by molar-refractivity contribution is -0.144. The molecule has 13 heavy (non-hydrogen) atoms. The first-order chi connectivity index (χ1) is 5.84. The van der Waals surface area contributed by atoms with Crippen molar-refractivity contribution in [2.75, 3.05) is 0 Å². The molecule has 0 unspecified atom stereocenters. The van der Waals surface area contributed by atoms with E-state index in [0.29, 0.717) is 0 Å². The maximum atomic E-state index is 12.4. The third-order valence-corrected chi connectivity index (χ3v) is 1.19. The van der Waals surface area contributed by atoms with Crippen molar-refractivity contribution in [2.45, 2.75) is 6.18 Å². The fourth-order valence-electron chi connectivity index (χ4n) is 0.641. The molecule has 0 aliphatic carbocycles. The van der Waals surface area contributed by atoms with E-state index in [1.165, 1.54) is 0 Å². The first-order valence-electron chi connectivity index (χ1n) is 2.90. The first kappa shape index (κ1) is 9.82. The minimum Gasteiger partial charge on any atom is -0.246 e. The third-order valence-electron chi connectivity index (χ3n) is 1.19. The molecule has 0 spiro atoms. The molecule has 1 nitrogen and oxygen atoms in total. The Labute approximate surface area is 68.0 Å². The highest BCUT2D eigenvalue weighted by atomic mass is 19.4. The van der Waals surface area contributed by atoms with Crippen LogP contribution in [0.25, 0.3) is 0 Å². The van der Waals surface area contributed by atoms with E-state index in [2.05, 4.69) is 4.98 Å². The van der Waals surface area contributed by atoms with Crippen LogP contribution in [-0.4, -0.2) is 4.98 Å². The molecular formula is C6HF6N. The Hall–Kier alpha value is -1.27. The summed E-state index contributed by atoms with van der Waals surface area (Å²) in [5.41, 5.74) is -2.06. The highest BCUT2D eigenvalue weighted by Crippen LogP contribution is 2.30. The summed E-state index contributed by atoms with van der Waals surface area (Å²) in [5.74, 6) is -6.26. The highest BCUT2D eigenvalue weighted by Gasteiger charge is 2.38. The molecule has 0 aliphatic heterocycles. The Morgan fingerprint density at radius 3 is 2.00 bits per heavy atom. The molecule has 1 rings (SSSR count). The summed E-state index contributed by atoms with van der Waals surface area (Å²) < 4.78 is 72.0. The lowest BCUT2D eigenvalue weighted by Crippen LogP contribution is -2.13. The molecule has 0 bridgehead atoms. The maximum absolute atomic E-state index is 12.4. The van der Waals surface area contributed by atoms with E-state index in [9.17, 15) is 26.3 Å². The second kappa shape index (κ2) is 2.90. The zero-order valence-electron chi connectivity index (χ0n) is 5.79. The van der Waals surface area contributed by atoms with Gasteiger partial charge in [-0.1, -0.05) is 0 Å². The maximum Gasteiger partial charge on any atom is 0.436 e. The molecule has 0 aliphatic rings. The molecule has 1 aromatic heterocycles. The summed E-state index contributed by atoms with van der Waals surface area (Å²) in [6, 6.07) is 0. The highest BCUT2D eigenvalue weighted by molar-refractivity contribution is 5.13. The molecule has 0 aromatic carbocycles. The Balaban J connectivity index is 3.35. The number of halogens is 6. The molecule has 0 radical (unpaired) electrons. The van der Waals surface area contributed by atoms with E-state index in [4.69, 9.17) is 0 Å². The van der Waals surface area contributed by atoms with Crippen LogP contribution < -0.4 is 0 Å². The van der Waals surface area contributed by atoms with E-state index in [1.807, 2.05) is 0 Å². The van der Waals surface area contributed by atoms with Gasteiger partial charge in [0.05, 0.1) is 6.20 Å². The Bertz CT molecular complexity index is 331. The van der Waals surface area contributed by atoms with Crippen molar-refractivity contribution >= 4 is 0 Å². The number of pyridine rings is 1. The smallest absolute Gasteiger partial charge is 0.246 e. The third kappa shape index (κ3) is 1.73. The predicted octanol–water partition coefficient (Wildman–Crippen LogP) is 2.52. The molecule has 72 valence electrons. The van der Waals surface area contributed by atoms with Crippen molar-refractivity contribution < 1.29 is 26.3 Å². The fourth-order valence-corrected chi connectivity index (χ4v) is 0.641. The van der Waals surface area contributed by atoms with Gasteiger partial charge in [0.1, 0.15) is 0 Å². The van der Waals surface area contributed by atoms with Crippen LogP contribution >= 0.6 is 0 Å². The standard InChI is InChI=1S/C6HF6N/c7-2-1-13-5(6(10,11)12)4(9)3(2)8/h1H. The normalized spacial score (nSPS) is 11.8. The van der Waals surface area contributed by atoms with Gasteiger partial charge in [-0.15, -0.1) is 0 Å². The van der Waals surface area contributed by atoms with Crippen molar-refractivity contribution in [1.29, 1.82) is 0 Å². The van der Waals surface area contributed by atoms with Gasteiger partial charge in [-0.25, -0.2) is 18.2 Å². The summed E-state index contributed by atoms with van der Waals surface area (Å²) in [7, 11) is 0. The summed E-state index contributed by atoms with van der Waals surface area (Å²) >= 11 is 0. The second-order valence-electron chi connectivity index (χ2n) is 2.08. The molecule has 0 N–H and O–H groups in total. The van der Waals surface area contributed by atoms with Crippen molar-refractivity contribution in [2.24, 2.45) is 0 Å². The Morgan fingerprint density at radius 1 is 1.00 bits per heavy atom. The molecule has 0 amide bonds. The van der Waals surface area contributed by atoms with Gasteiger partial charge < -0.3 is 0 Å². The van der Waals surface area contributed by atoms with E-state index >= 15 is 0 Å². The topological polar surface area (TPSA) is 12.9 Å². The second-order valence-corrected chi connectivity index (χ2v) is 2.08. The summed E-state index contributed by atoms with van der Waals surface area (Å²) in [6.07, 6.45) is -5.15. The van der Waals surface area contributed by atoms with E-state index in [-0.39, 0.29) is 6.20 Å². The van der Waals surface area contributed by atoms with Crippen LogP contribution in [0.1, 0.15) is 5.69 Å². The van der Waals surface area contributed by atoms with Crippen molar-refractivity contribution in [3.63, 3.8) is 0 Å². The molecule has 7 heteroatoms. The van der Waals surface area contributed by atoms with E-state index < -0.39 is 29.3 Å². The number of nitrogens with zero attached hydrogens (tertiary/aromatic N) is 1. The molecule has 0 saturated carbocycles. The van der Waals surface area contributed by atoms with Crippen LogP contribution in [0.2, 0.25) is 0 Å². The number of rotatable bonds is 0. The van der Waals surface area contributed by atoms with Gasteiger partial charge in [-0.3, -0.25) is 0 Å². The fraction of sp³-hybridized carbons (Fsp3) is 0.167. The van der Waals surface area contributed by atoms with E-state index in [1.54, 1.807) is 0 Å². The minimum absolute atomic E-state index is 0.0266. The van der Waals surface area contributed by atoms with Crippen LogP contribution in [0.15, 0.2) is 6.20 Å². The monoisotopic (exact) mass is 201 g/mol. The predicted molar refractivity (Wildman–Crippen MR) is 29.1 cm³/mol. The van der Waals surface area contributed by atoms with Crippen molar-refractivity contribution in [3.8, 4) is 0 Å². The van der Waals surface area contributed by atoms with Gasteiger partial charge >= 0.3 is 6.18 Å². The van der Waals surface area contributed by atoms with Crippen LogP contribution in [0.5, 0.6) is 0 Å². The average molecular weight is 201 g/mol. The molecule has 0 fully saturated rings. The van der Waals surface area contributed by atoms with Crippen molar-refractivity contribution in [1.82, 2.24) is 4.98 Å². The summed E-state index contributed by atoms with van der Waals surface area (Å²) in [6.45, 7) is 0. The number of alkyl halides is 3. The van der Waals surface area contributed by atoms with Gasteiger partial charge in [0.25, 0.3) is 0 Å². The molecule has 1 heterocycles. The van der Waals surface area contributed by atoms with Gasteiger partial charge in [0.15, 0.2) is 23.1 Å². The first-order valence-corrected chi connectivity index (χ1v) is 2.90. The molecule has 1 aromatic rings. The zero-order chi connectivity index (χ0) is 10.2. The average Bonchev–Trinajstić information content (AvgIpc) is 1.98. The van der Waals surface area contributed by atoms with Gasteiger partial charge in [0, 0.05) is 0 Å². The quantitative estimate of drug-likeness (QED) is 0.587. The Morgan fingerprint density at radius 2 is 1.54 bits per heavy atom. The van der Waals surface area contributed by atoms with Crippen LogP contribution in [0, 0.1) is 17.5 Å². The van der Waals surface area contributed by atoms with Crippen LogP contribution in [-0.2, 0) is 6.18 Å². The lowest BCUT2D eigenvalue weighted by atomic mass is 10.3. The molecular weight excluding hydrogens is 200 g/mol. The molecule has 0 saturated heterocycles. The van der Waals surface area contributed by atoms with Crippen LogP contribution in [0.4, 0.5) is 26.3 Å². The van der Waals surface area contributed by atoms with Gasteiger partial charge in [0.2, 0.25) is 0 Å². The Kier molecular flexibility index (Phi) is 2.19. The summed E-state index contributed by atoms with van der Waals surface area (Å²) in [4.78, 5) is 2.39. The summed E-state index contributed by atoms with van der Waals surface area (Å²) in [5, 5.41) is 0. The SMILES string of the molecule is Fc1cnc(C(F)(F)F)c(F)c1F. The zero-order valence-corrected chi connectivity index (χ0v) is 5.79. The molecule has 0 atom stereocenters. The lowest BCUT2D eigenvalue weighted by Gasteiger charge is -2.06. The van der Waals surface area contributed by atoms with Crippen LogP contribution in [0.3, 0.4) is 0 Å². The van der Waals surface area contributed by atoms with Gasteiger partial charge in [-0.05, 0) is 0 Å². The van der Waals surface area contributed by atoms with Crippen molar-refractivity contribution in [3.05, 3.63) is 29.3 Å². The largest absolute Gasteiger partial charge is 0.436 e. The van der Waals surface area contributed by atoms with Gasteiger partial charge in [-0.2, -0.15) is 13.2 Å². The number of hydrogen-bond acceptors (Lipinski definition) is 1. The van der Waals surface area contributed by atoms with E-state index in [0.717, 1.165) is 0 Å². The minimum atomic E-state index is -5.13.